The lowest BCUT2D eigenvalue weighted by Gasteiger charge is -2.04. The molecule has 3 nitrogen and oxygen atoms in total. The van der Waals surface area contributed by atoms with Gasteiger partial charge < -0.3 is 10.4 Å². The van der Waals surface area contributed by atoms with Gasteiger partial charge in [-0.15, -0.1) is 0 Å². The Morgan fingerprint density at radius 3 is 2.82 bits per heavy atom. The van der Waals surface area contributed by atoms with Crippen molar-refractivity contribution in [2.45, 2.75) is 20.3 Å². The lowest BCUT2D eigenvalue weighted by Crippen LogP contribution is -2.22. The van der Waals surface area contributed by atoms with E-state index in [4.69, 9.17) is 5.11 Å². The Morgan fingerprint density at radius 2 is 2.24 bits per heavy atom. The number of nitrogens with one attached hydrogen (secondary N) is 1. The van der Waals surface area contributed by atoms with Crippen LogP contribution in [-0.4, -0.2) is 24.2 Å². The minimum atomic E-state index is -0.0644. The predicted molar refractivity (Wildman–Crippen MR) is 67.8 cm³/mol. The van der Waals surface area contributed by atoms with E-state index in [0.717, 1.165) is 11.1 Å². The molecule has 0 aliphatic rings. The van der Waals surface area contributed by atoms with E-state index in [0.29, 0.717) is 18.5 Å². The summed E-state index contributed by atoms with van der Waals surface area (Å²) < 4.78 is 0. The molecule has 17 heavy (non-hydrogen) atoms. The second-order valence-corrected chi connectivity index (χ2v) is 3.66. The van der Waals surface area contributed by atoms with Crippen LogP contribution in [0, 0.1) is 18.8 Å². The number of hydrogen-bond donors (Lipinski definition) is 2. The molecule has 0 fully saturated rings. The second kappa shape index (κ2) is 6.72. The summed E-state index contributed by atoms with van der Waals surface area (Å²) >= 11 is 0. The van der Waals surface area contributed by atoms with Gasteiger partial charge in [0, 0.05) is 24.1 Å². The first-order valence-corrected chi connectivity index (χ1v) is 5.67. The van der Waals surface area contributed by atoms with Crippen LogP contribution in [0.4, 0.5) is 0 Å². The van der Waals surface area contributed by atoms with Crippen LogP contribution >= 0.6 is 0 Å². The quantitative estimate of drug-likeness (QED) is 0.774. The molecule has 0 atom stereocenters. The maximum Gasteiger partial charge on any atom is 0.251 e. The number of rotatable bonds is 3. The van der Waals surface area contributed by atoms with Crippen LogP contribution in [-0.2, 0) is 0 Å². The van der Waals surface area contributed by atoms with E-state index in [1.165, 1.54) is 0 Å². The van der Waals surface area contributed by atoms with Crippen molar-refractivity contribution < 1.29 is 9.90 Å². The van der Waals surface area contributed by atoms with E-state index in [9.17, 15) is 4.79 Å². The number of carbonyl (C=O) groups is 1. The summed E-state index contributed by atoms with van der Waals surface area (Å²) in [5.74, 6) is 5.77. The molecule has 1 amide bonds. The van der Waals surface area contributed by atoms with Gasteiger partial charge in [-0.2, -0.15) is 0 Å². The van der Waals surface area contributed by atoms with Crippen molar-refractivity contribution in [2.75, 3.05) is 13.2 Å². The second-order valence-electron chi connectivity index (χ2n) is 3.66. The van der Waals surface area contributed by atoms with Crippen LogP contribution in [0.2, 0.25) is 0 Å². The Morgan fingerprint density at radius 1 is 1.47 bits per heavy atom. The summed E-state index contributed by atoms with van der Waals surface area (Å²) in [6.07, 6.45) is 0.470. The normalized spacial score (nSPS) is 9.35. The van der Waals surface area contributed by atoms with E-state index >= 15 is 0 Å². The molecule has 0 aromatic heterocycles. The molecule has 0 saturated heterocycles. The fourth-order valence-electron chi connectivity index (χ4n) is 1.42. The first-order valence-electron chi connectivity index (χ1n) is 5.67. The van der Waals surface area contributed by atoms with Gasteiger partial charge in [0.25, 0.3) is 5.91 Å². The van der Waals surface area contributed by atoms with Gasteiger partial charge in [0.05, 0.1) is 6.61 Å². The van der Waals surface area contributed by atoms with Crippen LogP contribution in [0.5, 0.6) is 0 Å². The first-order chi connectivity index (χ1) is 8.19. The van der Waals surface area contributed by atoms with E-state index in [1.54, 1.807) is 6.07 Å². The molecular formula is C14H17NO2. The monoisotopic (exact) mass is 231 g/mol. The van der Waals surface area contributed by atoms with Gasteiger partial charge in [0.1, 0.15) is 0 Å². The molecule has 1 aromatic rings. The fourth-order valence-corrected chi connectivity index (χ4v) is 1.42. The van der Waals surface area contributed by atoms with Gasteiger partial charge >= 0.3 is 0 Å². The predicted octanol–water partition coefficient (Wildman–Crippen LogP) is 1.48. The van der Waals surface area contributed by atoms with Gasteiger partial charge in [-0.1, -0.05) is 11.8 Å². The number of aryl methyl sites for hydroxylation is 1. The van der Waals surface area contributed by atoms with Crippen LogP contribution in [0.3, 0.4) is 0 Å². The minimum Gasteiger partial charge on any atom is -0.395 e. The highest BCUT2D eigenvalue weighted by Gasteiger charge is 2.05. The van der Waals surface area contributed by atoms with Gasteiger partial charge in [-0.05, 0) is 37.6 Å². The van der Waals surface area contributed by atoms with Crippen LogP contribution in [0.15, 0.2) is 18.2 Å². The summed E-state index contributed by atoms with van der Waals surface area (Å²) in [6.45, 7) is 4.50. The summed E-state index contributed by atoms with van der Waals surface area (Å²) in [6, 6.07) is 5.43. The van der Waals surface area contributed by atoms with Crippen molar-refractivity contribution in [2.24, 2.45) is 0 Å². The molecule has 3 heteroatoms. The maximum atomic E-state index is 11.6. The van der Waals surface area contributed by atoms with Crippen LogP contribution < -0.4 is 5.32 Å². The average Bonchev–Trinajstić information content (AvgIpc) is 2.31. The first kappa shape index (κ1) is 13.3. The van der Waals surface area contributed by atoms with Crippen molar-refractivity contribution in [1.82, 2.24) is 5.32 Å². The largest absolute Gasteiger partial charge is 0.395 e. The van der Waals surface area contributed by atoms with Crippen LogP contribution in [0.25, 0.3) is 0 Å². The molecule has 0 saturated carbocycles. The summed E-state index contributed by atoms with van der Waals surface area (Å²) in [5.41, 5.74) is 2.52. The molecule has 2 N–H and O–H groups in total. The zero-order chi connectivity index (χ0) is 12.7. The molecule has 1 rings (SSSR count). The van der Waals surface area contributed by atoms with Crippen molar-refractivity contribution in [3.63, 3.8) is 0 Å². The highest BCUT2D eigenvalue weighted by Crippen LogP contribution is 2.10. The summed E-state index contributed by atoms with van der Waals surface area (Å²) in [7, 11) is 0. The third kappa shape index (κ3) is 3.93. The molecule has 0 unspecified atom stereocenters. The van der Waals surface area contributed by atoms with Crippen molar-refractivity contribution >= 4 is 5.91 Å². The summed E-state index contributed by atoms with van der Waals surface area (Å²) in [4.78, 5) is 11.6. The topological polar surface area (TPSA) is 49.3 Å². The molecule has 90 valence electrons. The zero-order valence-corrected chi connectivity index (χ0v) is 10.2. The Labute approximate surface area is 102 Å². The van der Waals surface area contributed by atoms with Gasteiger partial charge in [-0.25, -0.2) is 0 Å². The molecule has 0 radical (unpaired) electrons. The van der Waals surface area contributed by atoms with Gasteiger partial charge in [0.15, 0.2) is 0 Å². The van der Waals surface area contributed by atoms with Gasteiger partial charge in [-0.3, -0.25) is 4.79 Å². The van der Waals surface area contributed by atoms with Gasteiger partial charge in [0.2, 0.25) is 0 Å². The molecule has 1 aromatic carbocycles. The molecular weight excluding hydrogens is 214 g/mol. The summed E-state index contributed by atoms with van der Waals surface area (Å²) in [5, 5.41) is 11.4. The standard InChI is InChI=1S/C14H17NO2/c1-3-15-14(17)13-8-7-12(11(2)10-13)6-4-5-9-16/h7-8,10,16H,3,5,9H2,1-2H3,(H,15,17). The number of benzene rings is 1. The Kier molecular flexibility index (Phi) is 5.25. The van der Waals surface area contributed by atoms with E-state index in [1.807, 2.05) is 26.0 Å². The Hall–Kier alpha value is -1.79. The van der Waals surface area contributed by atoms with Crippen molar-refractivity contribution in [1.29, 1.82) is 0 Å². The lowest BCUT2D eigenvalue weighted by atomic mass is 10.0. The maximum absolute atomic E-state index is 11.6. The molecule has 0 aliphatic heterocycles. The third-order valence-electron chi connectivity index (χ3n) is 2.29. The smallest absolute Gasteiger partial charge is 0.251 e. The molecule has 0 heterocycles. The zero-order valence-electron chi connectivity index (χ0n) is 10.2. The number of carbonyl (C=O) groups excluding carboxylic acids is 1. The fraction of sp³-hybridized carbons (Fsp3) is 0.357. The average molecular weight is 231 g/mol. The SMILES string of the molecule is CCNC(=O)c1ccc(C#CCCO)c(C)c1. The number of aliphatic hydroxyl groups excluding tert-OH is 1. The van der Waals surface area contributed by atoms with Crippen LogP contribution in [0.1, 0.15) is 34.8 Å². The number of aliphatic hydroxyl groups is 1. The van der Waals surface area contributed by atoms with E-state index in [-0.39, 0.29) is 12.5 Å². The van der Waals surface area contributed by atoms with Crippen molar-refractivity contribution in [3.05, 3.63) is 34.9 Å². The number of hydrogen-bond acceptors (Lipinski definition) is 2. The molecule has 0 bridgehead atoms. The molecule has 0 spiro atoms. The Balaban J connectivity index is 2.87. The highest BCUT2D eigenvalue weighted by atomic mass is 16.2. The highest BCUT2D eigenvalue weighted by molar-refractivity contribution is 5.94. The lowest BCUT2D eigenvalue weighted by molar-refractivity contribution is 0.0955. The Bertz CT molecular complexity index is 455. The van der Waals surface area contributed by atoms with E-state index < -0.39 is 0 Å². The minimum absolute atomic E-state index is 0.0644. The third-order valence-corrected chi connectivity index (χ3v) is 2.29. The number of amides is 1. The molecule has 0 aliphatic carbocycles. The van der Waals surface area contributed by atoms with Crippen molar-refractivity contribution in [3.8, 4) is 11.8 Å². The van der Waals surface area contributed by atoms with E-state index in [2.05, 4.69) is 17.2 Å².